The van der Waals surface area contributed by atoms with E-state index in [1.165, 1.54) is 17.0 Å². The van der Waals surface area contributed by atoms with Crippen molar-refractivity contribution in [3.05, 3.63) is 34.6 Å². The molecule has 1 heterocycles. The molecule has 120 valence electrons. The molecular formula is C13H17Cl2F3N2O. The average Bonchev–Trinajstić information content (AvgIpc) is 2.44. The molecule has 8 heteroatoms. The maximum atomic E-state index is 14.1. The number of hydrogen-bond donors (Lipinski definition) is 2. The zero-order valence-electron chi connectivity index (χ0n) is 11.2. The Morgan fingerprint density at radius 3 is 2.52 bits per heavy atom. The molecule has 1 saturated heterocycles. The molecule has 2 N–H and O–H groups in total. The Hall–Kier alpha value is -0.530. The first-order valence-corrected chi connectivity index (χ1v) is 6.72. The van der Waals surface area contributed by atoms with Crippen molar-refractivity contribution >= 4 is 24.0 Å². The molecule has 0 aliphatic carbocycles. The van der Waals surface area contributed by atoms with Gasteiger partial charge in [0.1, 0.15) is 18.5 Å². The normalized spacial score (nSPS) is 18.1. The highest BCUT2D eigenvalue weighted by Crippen LogP contribution is 2.38. The van der Waals surface area contributed by atoms with Crippen LogP contribution in [0.2, 0.25) is 5.02 Å². The third-order valence-corrected chi connectivity index (χ3v) is 3.62. The summed E-state index contributed by atoms with van der Waals surface area (Å²) in [7, 11) is 0. The zero-order valence-corrected chi connectivity index (χ0v) is 12.7. The van der Waals surface area contributed by atoms with Gasteiger partial charge in [-0.3, -0.25) is 4.90 Å². The summed E-state index contributed by atoms with van der Waals surface area (Å²) in [5, 5.41) is 12.2. The van der Waals surface area contributed by atoms with E-state index in [0.717, 1.165) is 6.07 Å². The topological polar surface area (TPSA) is 35.5 Å². The maximum Gasteiger partial charge on any atom is 0.290 e. The fourth-order valence-electron chi connectivity index (χ4n) is 2.44. The standard InChI is InChI=1S/C13H16ClF3N2O.ClH/c14-9-1-2-11(15)10(7-9)12(13(16,17)8-20)19-5-3-18-4-6-19;/h1-2,7,12,18,20H,3-6,8H2;1H/t12-;/m1./s1. The van der Waals surface area contributed by atoms with E-state index in [9.17, 15) is 13.2 Å². The van der Waals surface area contributed by atoms with Crippen LogP contribution in [0.5, 0.6) is 0 Å². The van der Waals surface area contributed by atoms with Crippen molar-refractivity contribution in [2.75, 3.05) is 32.8 Å². The summed E-state index contributed by atoms with van der Waals surface area (Å²) in [4.78, 5) is 1.47. The molecule has 0 spiro atoms. The Morgan fingerprint density at radius 2 is 1.95 bits per heavy atom. The number of piperazine rings is 1. The molecule has 0 unspecified atom stereocenters. The molecule has 1 atom stereocenters. The Balaban J connectivity index is 0.00000220. The highest BCUT2D eigenvalue weighted by molar-refractivity contribution is 6.30. The molecular weight excluding hydrogens is 328 g/mol. The molecule has 0 amide bonds. The molecule has 2 rings (SSSR count). The Bertz CT molecular complexity index is 471. The number of nitrogens with one attached hydrogen (secondary N) is 1. The van der Waals surface area contributed by atoms with Crippen molar-refractivity contribution in [3.8, 4) is 0 Å². The van der Waals surface area contributed by atoms with Gasteiger partial charge < -0.3 is 10.4 Å². The van der Waals surface area contributed by atoms with Gasteiger partial charge in [-0.25, -0.2) is 13.2 Å². The van der Waals surface area contributed by atoms with E-state index in [2.05, 4.69) is 5.32 Å². The summed E-state index contributed by atoms with van der Waals surface area (Å²) >= 11 is 5.79. The Morgan fingerprint density at radius 1 is 1.33 bits per heavy atom. The summed E-state index contributed by atoms with van der Waals surface area (Å²) in [6.07, 6.45) is 0. The van der Waals surface area contributed by atoms with Crippen LogP contribution in [0.3, 0.4) is 0 Å². The number of aliphatic hydroxyl groups is 1. The number of nitrogens with zero attached hydrogens (tertiary/aromatic N) is 1. The van der Waals surface area contributed by atoms with Crippen LogP contribution in [0.15, 0.2) is 18.2 Å². The fraction of sp³-hybridized carbons (Fsp3) is 0.538. The fourth-order valence-corrected chi connectivity index (χ4v) is 2.62. The molecule has 1 aromatic rings. The summed E-state index contributed by atoms with van der Waals surface area (Å²) in [5.41, 5.74) is -0.182. The van der Waals surface area contributed by atoms with Gasteiger partial charge in [0.2, 0.25) is 0 Å². The third kappa shape index (κ3) is 4.23. The molecule has 1 aliphatic rings. The van der Waals surface area contributed by atoms with E-state index in [1.807, 2.05) is 0 Å². The SMILES string of the molecule is Cl.OCC(F)(F)[C@@H](c1cc(Cl)ccc1F)N1CCNCC1. The lowest BCUT2D eigenvalue weighted by molar-refractivity contribution is -0.119. The number of aliphatic hydroxyl groups excluding tert-OH is 1. The first-order chi connectivity index (χ1) is 9.45. The molecule has 0 bridgehead atoms. The van der Waals surface area contributed by atoms with Crippen molar-refractivity contribution in [2.24, 2.45) is 0 Å². The van der Waals surface area contributed by atoms with E-state index >= 15 is 0 Å². The molecule has 21 heavy (non-hydrogen) atoms. The highest BCUT2D eigenvalue weighted by Gasteiger charge is 2.45. The molecule has 3 nitrogen and oxygen atoms in total. The lowest BCUT2D eigenvalue weighted by atomic mass is 9.97. The minimum absolute atomic E-state index is 0. The van der Waals surface area contributed by atoms with Crippen molar-refractivity contribution in [3.63, 3.8) is 0 Å². The Labute approximate surface area is 132 Å². The molecule has 0 saturated carbocycles. The maximum absolute atomic E-state index is 14.1. The van der Waals surface area contributed by atoms with Crippen LogP contribution in [0.1, 0.15) is 11.6 Å². The second kappa shape index (κ2) is 7.65. The van der Waals surface area contributed by atoms with Gasteiger partial charge in [0.25, 0.3) is 5.92 Å². The summed E-state index contributed by atoms with van der Waals surface area (Å²) < 4.78 is 42.1. The summed E-state index contributed by atoms with van der Waals surface area (Å²) in [6.45, 7) is 0.451. The largest absolute Gasteiger partial charge is 0.390 e. The predicted octanol–water partition coefficient (Wildman–Crippen LogP) is 2.47. The van der Waals surface area contributed by atoms with Crippen molar-refractivity contribution < 1.29 is 18.3 Å². The van der Waals surface area contributed by atoms with Gasteiger partial charge in [0.05, 0.1) is 0 Å². The molecule has 1 aromatic carbocycles. The minimum Gasteiger partial charge on any atom is -0.390 e. The zero-order chi connectivity index (χ0) is 14.8. The van der Waals surface area contributed by atoms with Gasteiger partial charge in [0.15, 0.2) is 0 Å². The van der Waals surface area contributed by atoms with Gasteiger partial charge in [-0.05, 0) is 18.2 Å². The molecule has 0 radical (unpaired) electrons. The lowest BCUT2D eigenvalue weighted by Gasteiger charge is -2.38. The van der Waals surface area contributed by atoms with Crippen LogP contribution < -0.4 is 5.32 Å². The Kier molecular flexibility index (Phi) is 6.74. The van der Waals surface area contributed by atoms with E-state index < -0.39 is 24.4 Å². The number of hydrogen-bond acceptors (Lipinski definition) is 3. The summed E-state index contributed by atoms with van der Waals surface area (Å²) in [6, 6.07) is 2.06. The van der Waals surface area contributed by atoms with E-state index in [4.69, 9.17) is 16.7 Å². The number of alkyl halides is 2. The van der Waals surface area contributed by atoms with Crippen molar-refractivity contribution in [2.45, 2.75) is 12.0 Å². The van der Waals surface area contributed by atoms with Gasteiger partial charge >= 0.3 is 0 Å². The van der Waals surface area contributed by atoms with Gasteiger partial charge in [-0.2, -0.15) is 0 Å². The molecule has 1 fully saturated rings. The first-order valence-electron chi connectivity index (χ1n) is 6.34. The molecule has 1 aliphatic heterocycles. The number of benzene rings is 1. The van der Waals surface area contributed by atoms with Crippen molar-refractivity contribution in [1.82, 2.24) is 10.2 Å². The monoisotopic (exact) mass is 344 g/mol. The highest BCUT2D eigenvalue weighted by atomic mass is 35.5. The van der Waals surface area contributed by atoms with E-state index in [0.29, 0.717) is 26.2 Å². The first kappa shape index (κ1) is 18.5. The quantitative estimate of drug-likeness (QED) is 0.880. The van der Waals surface area contributed by atoms with Crippen LogP contribution >= 0.6 is 24.0 Å². The predicted molar refractivity (Wildman–Crippen MR) is 77.9 cm³/mol. The second-order valence-corrected chi connectivity index (χ2v) is 5.21. The second-order valence-electron chi connectivity index (χ2n) is 4.77. The summed E-state index contributed by atoms with van der Waals surface area (Å²) in [5.74, 6) is -4.19. The third-order valence-electron chi connectivity index (χ3n) is 3.38. The average molecular weight is 345 g/mol. The van der Waals surface area contributed by atoms with Crippen LogP contribution in [-0.2, 0) is 0 Å². The molecule has 0 aromatic heterocycles. The van der Waals surface area contributed by atoms with E-state index in [1.54, 1.807) is 0 Å². The van der Waals surface area contributed by atoms with Gasteiger partial charge in [0, 0.05) is 36.8 Å². The lowest BCUT2D eigenvalue weighted by Crippen LogP contribution is -2.51. The number of rotatable bonds is 4. The van der Waals surface area contributed by atoms with Gasteiger partial charge in [-0.15, -0.1) is 12.4 Å². The van der Waals surface area contributed by atoms with Crippen LogP contribution in [-0.4, -0.2) is 48.7 Å². The van der Waals surface area contributed by atoms with Crippen LogP contribution in [0, 0.1) is 5.82 Å². The van der Waals surface area contributed by atoms with E-state index in [-0.39, 0.29) is 23.0 Å². The van der Waals surface area contributed by atoms with Crippen molar-refractivity contribution in [1.29, 1.82) is 0 Å². The van der Waals surface area contributed by atoms with Crippen LogP contribution in [0.4, 0.5) is 13.2 Å². The van der Waals surface area contributed by atoms with Crippen LogP contribution in [0.25, 0.3) is 0 Å². The smallest absolute Gasteiger partial charge is 0.290 e. The minimum atomic E-state index is -3.44. The van der Waals surface area contributed by atoms with Gasteiger partial charge in [-0.1, -0.05) is 11.6 Å². The number of halogens is 5.